The highest BCUT2D eigenvalue weighted by Crippen LogP contribution is 2.51. The first-order valence-electron chi connectivity index (χ1n) is 9.72. The smallest absolute Gasteiger partial charge is 0.342 e. The van der Waals surface area contributed by atoms with Crippen LogP contribution in [0.4, 0.5) is 8.78 Å². The van der Waals surface area contributed by atoms with Gasteiger partial charge >= 0.3 is 10.2 Å². The molecule has 2 atom stereocenters. The lowest BCUT2D eigenvalue weighted by molar-refractivity contribution is -0.174. The summed E-state index contributed by atoms with van der Waals surface area (Å²) in [6, 6.07) is -0.252. The number of carbonyl (C=O) groups is 2. The molecule has 0 bridgehead atoms. The lowest BCUT2D eigenvalue weighted by Crippen LogP contribution is -2.54. The molecule has 1 heterocycles. The van der Waals surface area contributed by atoms with Gasteiger partial charge in [-0.1, -0.05) is 19.1 Å². The minimum atomic E-state index is -3.74. The molecule has 1 saturated carbocycles. The summed E-state index contributed by atoms with van der Waals surface area (Å²) >= 11 is 0. The van der Waals surface area contributed by atoms with Gasteiger partial charge in [0.2, 0.25) is 17.7 Å². The SMILES string of the molecule is CC1=NS(=O)(=O)NC(C)=C1CC(=O)NC[C@H]1C=C[C@@H](NC(=O)C2(C)CC(F)(F)C2)C1. The van der Waals surface area contributed by atoms with Crippen molar-refractivity contribution in [1.82, 2.24) is 15.4 Å². The Kier molecular flexibility index (Phi) is 5.78. The van der Waals surface area contributed by atoms with Gasteiger partial charge in [-0.05, 0) is 26.2 Å². The van der Waals surface area contributed by atoms with Gasteiger partial charge in [0.05, 0.1) is 17.5 Å². The van der Waals surface area contributed by atoms with Gasteiger partial charge < -0.3 is 10.6 Å². The average Bonchev–Trinajstić information content (AvgIpc) is 3.01. The third kappa shape index (κ3) is 5.05. The average molecular weight is 445 g/mol. The van der Waals surface area contributed by atoms with Gasteiger partial charge in [-0.15, -0.1) is 4.40 Å². The van der Waals surface area contributed by atoms with Crippen molar-refractivity contribution in [2.24, 2.45) is 15.7 Å². The molecule has 0 radical (unpaired) electrons. The lowest BCUT2D eigenvalue weighted by Gasteiger charge is -2.43. The second-order valence-electron chi connectivity index (χ2n) is 8.57. The molecule has 11 heteroatoms. The zero-order valence-corrected chi connectivity index (χ0v) is 17.9. The number of amides is 2. The quantitative estimate of drug-likeness (QED) is 0.539. The predicted octanol–water partition coefficient (Wildman–Crippen LogP) is 1.57. The second kappa shape index (κ2) is 7.75. The maximum Gasteiger partial charge on any atom is 0.342 e. The number of allylic oxidation sites excluding steroid dienone is 1. The van der Waals surface area contributed by atoms with Crippen molar-refractivity contribution in [2.45, 2.75) is 58.4 Å². The van der Waals surface area contributed by atoms with E-state index in [0.717, 1.165) is 0 Å². The molecule has 0 saturated heterocycles. The maximum atomic E-state index is 13.1. The van der Waals surface area contributed by atoms with Crippen LogP contribution in [-0.4, -0.2) is 44.5 Å². The normalized spacial score (nSPS) is 28.2. The van der Waals surface area contributed by atoms with E-state index >= 15 is 0 Å². The summed E-state index contributed by atoms with van der Waals surface area (Å²) < 4.78 is 55.1. The third-order valence-corrected chi connectivity index (χ3v) is 6.74. The van der Waals surface area contributed by atoms with E-state index in [4.69, 9.17) is 0 Å². The summed E-state index contributed by atoms with van der Waals surface area (Å²) in [6.07, 6.45) is 3.39. The molecule has 1 fully saturated rings. The Morgan fingerprint density at radius 3 is 2.53 bits per heavy atom. The van der Waals surface area contributed by atoms with E-state index in [2.05, 4.69) is 19.8 Å². The highest BCUT2D eigenvalue weighted by atomic mass is 32.2. The minimum absolute atomic E-state index is 0.00425. The van der Waals surface area contributed by atoms with E-state index in [0.29, 0.717) is 24.2 Å². The van der Waals surface area contributed by atoms with Crippen molar-refractivity contribution >= 4 is 27.7 Å². The van der Waals surface area contributed by atoms with E-state index in [1.165, 1.54) is 6.92 Å². The van der Waals surface area contributed by atoms with Gasteiger partial charge in [0.25, 0.3) is 0 Å². The standard InChI is InChI=1S/C19H26F2N4O4S/c1-11-15(12(2)25-30(28,29)24-11)7-16(26)22-8-13-4-5-14(6-13)23-17(27)18(3)9-19(20,21)10-18/h4-5,13-14,24H,6-10H2,1-3H3,(H,22,26)(H,23,27)/t13-,14+/m0/s1. The summed E-state index contributed by atoms with van der Waals surface area (Å²) in [4.78, 5) is 24.6. The van der Waals surface area contributed by atoms with Gasteiger partial charge in [0.15, 0.2) is 0 Å². The fraction of sp³-hybridized carbons (Fsp3) is 0.632. The molecule has 0 spiro atoms. The molecule has 30 heavy (non-hydrogen) atoms. The summed E-state index contributed by atoms with van der Waals surface area (Å²) in [5, 5.41) is 5.60. The topological polar surface area (TPSA) is 117 Å². The molecule has 3 aliphatic rings. The van der Waals surface area contributed by atoms with Crippen LogP contribution in [0.5, 0.6) is 0 Å². The van der Waals surface area contributed by atoms with Crippen molar-refractivity contribution < 1.29 is 26.8 Å². The molecule has 166 valence electrons. The van der Waals surface area contributed by atoms with Crippen LogP contribution in [0.15, 0.2) is 27.8 Å². The molecule has 0 aromatic carbocycles. The molecule has 3 rings (SSSR count). The predicted molar refractivity (Wildman–Crippen MR) is 107 cm³/mol. The molecule has 8 nitrogen and oxygen atoms in total. The Morgan fingerprint density at radius 1 is 1.27 bits per heavy atom. The number of nitrogens with one attached hydrogen (secondary N) is 3. The Bertz CT molecular complexity index is 948. The van der Waals surface area contributed by atoms with E-state index in [9.17, 15) is 26.8 Å². The molecular weight excluding hydrogens is 418 g/mol. The largest absolute Gasteiger partial charge is 0.355 e. The number of nitrogens with zero attached hydrogens (tertiary/aromatic N) is 1. The van der Waals surface area contributed by atoms with Gasteiger partial charge in [-0.2, -0.15) is 8.42 Å². The summed E-state index contributed by atoms with van der Waals surface area (Å²) in [6.45, 7) is 5.01. The van der Waals surface area contributed by atoms with Crippen molar-refractivity contribution in [3.05, 3.63) is 23.4 Å². The fourth-order valence-electron chi connectivity index (χ4n) is 4.14. The fourth-order valence-corrected chi connectivity index (χ4v) is 5.17. The van der Waals surface area contributed by atoms with Gasteiger partial charge in [-0.3, -0.25) is 14.3 Å². The van der Waals surface area contributed by atoms with E-state index < -0.39 is 34.4 Å². The van der Waals surface area contributed by atoms with Gasteiger partial charge in [-0.25, -0.2) is 8.78 Å². The van der Waals surface area contributed by atoms with Gasteiger partial charge in [0, 0.05) is 36.7 Å². The molecule has 3 N–H and O–H groups in total. The molecule has 1 aliphatic heterocycles. The monoisotopic (exact) mass is 444 g/mol. The van der Waals surface area contributed by atoms with Crippen LogP contribution in [0, 0.1) is 11.3 Å². The van der Waals surface area contributed by atoms with E-state index in [1.807, 2.05) is 12.2 Å². The number of hydrogen-bond donors (Lipinski definition) is 3. The molecule has 2 aliphatic carbocycles. The van der Waals surface area contributed by atoms with Gasteiger partial charge in [0.1, 0.15) is 0 Å². The van der Waals surface area contributed by atoms with Crippen molar-refractivity contribution in [3.8, 4) is 0 Å². The zero-order valence-electron chi connectivity index (χ0n) is 17.1. The molecule has 0 aromatic rings. The number of halogens is 2. The van der Waals surface area contributed by atoms with Crippen LogP contribution >= 0.6 is 0 Å². The van der Waals surface area contributed by atoms with Crippen LogP contribution < -0.4 is 15.4 Å². The summed E-state index contributed by atoms with van der Waals surface area (Å²) in [7, 11) is -3.74. The van der Waals surface area contributed by atoms with Crippen molar-refractivity contribution in [2.75, 3.05) is 6.54 Å². The first-order valence-corrected chi connectivity index (χ1v) is 11.2. The maximum absolute atomic E-state index is 13.1. The van der Waals surface area contributed by atoms with E-state index in [-0.39, 0.29) is 35.9 Å². The Labute approximate surface area is 174 Å². The van der Waals surface area contributed by atoms with Crippen LogP contribution in [-0.2, 0) is 19.8 Å². The first kappa shape index (κ1) is 22.4. The summed E-state index contributed by atoms with van der Waals surface area (Å²) in [5.74, 6) is -3.40. The van der Waals surface area contributed by atoms with Crippen LogP contribution in [0.1, 0.15) is 46.5 Å². The highest BCUT2D eigenvalue weighted by molar-refractivity contribution is 7.88. The lowest BCUT2D eigenvalue weighted by atomic mass is 9.67. The molecule has 0 unspecified atom stereocenters. The molecular formula is C19H26F2N4O4S. The highest BCUT2D eigenvalue weighted by Gasteiger charge is 2.57. The minimum Gasteiger partial charge on any atom is -0.355 e. The second-order valence-corrected chi connectivity index (χ2v) is 9.91. The van der Waals surface area contributed by atoms with Crippen LogP contribution in [0.25, 0.3) is 0 Å². The molecule has 0 aromatic heterocycles. The van der Waals surface area contributed by atoms with Crippen molar-refractivity contribution in [3.63, 3.8) is 0 Å². The Morgan fingerprint density at radius 2 is 1.93 bits per heavy atom. The van der Waals surface area contributed by atoms with Crippen LogP contribution in [0.2, 0.25) is 0 Å². The van der Waals surface area contributed by atoms with E-state index in [1.54, 1.807) is 13.8 Å². The van der Waals surface area contributed by atoms with Crippen LogP contribution in [0.3, 0.4) is 0 Å². The first-order chi connectivity index (χ1) is 13.8. The Hall–Kier alpha value is -2.30. The number of carbonyl (C=O) groups excluding carboxylic acids is 2. The summed E-state index contributed by atoms with van der Waals surface area (Å²) in [5.41, 5.74) is 0.145. The third-order valence-electron chi connectivity index (χ3n) is 5.66. The number of hydrogen-bond acceptors (Lipinski definition) is 4. The Balaban J connectivity index is 1.44. The number of alkyl halides is 2. The zero-order chi connectivity index (χ0) is 22.3. The number of rotatable bonds is 6. The molecule has 2 amide bonds. The van der Waals surface area contributed by atoms with Crippen molar-refractivity contribution in [1.29, 1.82) is 0 Å².